The minimum absolute atomic E-state index is 0.00963. The fraction of sp³-hybridized carbons (Fsp3) is 0.570. The fourth-order valence-corrected chi connectivity index (χ4v) is 19.4. The van der Waals surface area contributed by atoms with E-state index in [4.69, 9.17) is 14.7 Å². The standard InChI is InChI=1S/C79H102F6N16O11S2/c1-10-113(95-70(3,4)5)62-18-12-15-58(89-62)92-67(105)52-21-24-55(77(109,48-104)79(83,84)85)87-65(52)98-36-30-74(31-37-98)42-50(74)43-76(108,78(80,81)82)54-23-20-51(68(106)93-59-16-13-19-63(90-59)114(110,111)96-71(6,7)8)64(86-54)99-38-32-75(33-39-99)44-56(75)101(72(9,46-102)47-103)61-25-22-53(66(94-61)97-34-28-73(26-27-73)29-35-97)69(107)91-57-14-11-17-60(88-57)100-40-41-112-49(2)45-100/h10-25,49-50,56,95-96,102-104,108-109H,26-48H2,1-9H3,(H,88,91,107)(H,89,92,105)(H,90,93,106)/t49-,50?,56?,76?,77?,113?/m1/s1. The van der Waals surface area contributed by atoms with Crippen molar-refractivity contribution in [3.05, 3.63) is 119 Å². The number of anilines is 8. The van der Waals surface area contributed by atoms with Crippen LogP contribution in [-0.2, 0) is 26.0 Å². The SMILES string of the molecule is C/C=S(/NC(C)(C)C)c1cccc(NC(=O)c2ccc(C(O)(CO)C(F)(F)F)nc2N2CCC3(CC2)CC3CC(O)(c2ccc(C(=O)Nc3cccc(S(=O)(=O)NC(C)(C)C)n3)c(N3CCC4(CC3)CC4N(c3ccc(C(=O)Nc4cccc(N5CCO[C@H](C)C5)n4)c(N4CCC5(CC4)CC5)n3)C(C)(CO)CO)n2)C(F)(F)F)n1. The second-order valence-corrected chi connectivity index (χ2v) is 37.5. The van der Waals surface area contributed by atoms with E-state index in [0.717, 1.165) is 49.9 Å². The maximum atomic E-state index is 16.3. The number of amides is 3. The predicted octanol–water partition coefficient (Wildman–Crippen LogP) is 10.0. The van der Waals surface area contributed by atoms with Crippen molar-refractivity contribution >= 4 is 90.3 Å². The molecular formula is C79H102F6N16O11S2. The summed E-state index contributed by atoms with van der Waals surface area (Å²) in [6.45, 7) is 16.6. The second kappa shape index (κ2) is 31.3. The molecule has 114 heavy (non-hydrogen) atoms. The summed E-state index contributed by atoms with van der Waals surface area (Å²) in [7, 11) is -4.93. The van der Waals surface area contributed by atoms with Crippen LogP contribution in [-0.4, -0.2) is 207 Å². The lowest BCUT2D eigenvalue weighted by atomic mass is 9.84. The molecule has 7 aliphatic rings. The van der Waals surface area contributed by atoms with Gasteiger partial charge in [0.2, 0.25) is 11.2 Å². The van der Waals surface area contributed by atoms with Crippen LogP contribution in [0.25, 0.3) is 0 Å². The summed E-state index contributed by atoms with van der Waals surface area (Å²) < 4.78 is 131. The van der Waals surface area contributed by atoms with Crippen molar-refractivity contribution in [1.29, 1.82) is 0 Å². The molecule has 10 heterocycles. The molecule has 618 valence electrons. The molecular weight excluding hydrogens is 1530 g/mol. The van der Waals surface area contributed by atoms with Gasteiger partial charge < -0.3 is 70.7 Å². The van der Waals surface area contributed by atoms with Crippen molar-refractivity contribution in [3.63, 3.8) is 0 Å². The van der Waals surface area contributed by atoms with E-state index in [-0.39, 0.29) is 96.9 Å². The van der Waals surface area contributed by atoms with Gasteiger partial charge in [0, 0.05) is 69.5 Å². The Balaban J connectivity index is 0.780. The fourth-order valence-electron chi connectivity index (χ4n) is 16.5. The largest absolute Gasteiger partial charge is 0.425 e. The first-order chi connectivity index (χ1) is 53.6. The molecule has 35 heteroatoms. The number of nitrogens with one attached hydrogen (secondary N) is 5. The first-order valence-corrected chi connectivity index (χ1v) is 41.4. The number of ether oxygens (including phenoxy) is 1. The second-order valence-electron chi connectivity index (χ2n) is 34.1. The van der Waals surface area contributed by atoms with Gasteiger partial charge in [-0.05, 0) is 233 Å². The van der Waals surface area contributed by atoms with Gasteiger partial charge in [0.25, 0.3) is 27.7 Å². The first kappa shape index (κ1) is 83.7. The van der Waals surface area contributed by atoms with Gasteiger partial charge in [0.05, 0.1) is 66.1 Å². The topological polar surface area (TPSA) is 349 Å². The number of pyridine rings is 6. The van der Waals surface area contributed by atoms with Gasteiger partial charge in [-0.15, -0.1) is 0 Å². The average Bonchev–Trinajstić information content (AvgIpc) is 1.55. The molecule has 3 amide bonds. The van der Waals surface area contributed by atoms with Crippen molar-refractivity contribution < 1.29 is 79.4 Å². The number of nitrogens with zero attached hydrogens (tertiary/aromatic N) is 11. The number of morpholine rings is 1. The quantitative estimate of drug-likeness (QED) is 0.0199. The summed E-state index contributed by atoms with van der Waals surface area (Å²) in [6.07, 6.45) is -6.18. The van der Waals surface area contributed by atoms with E-state index in [1.54, 1.807) is 62.9 Å². The Morgan fingerprint density at radius 3 is 1.56 bits per heavy atom. The molecule has 6 atom stereocenters. The number of hydrogen-bond acceptors (Lipinski definition) is 23. The number of aromatic nitrogens is 6. The zero-order valence-electron chi connectivity index (χ0n) is 65.4. The number of piperidine rings is 3. The Labute approximate surface area is 661 Å². The Morgan fingerprint density at radius 2 is 1.06 bits per heavy atom. The highest BCUT2D eigenvalue weighted by molar-refractivity contribution is 8.13. The minimum atomic E-state index is -5.43. The third-order valence-corrected chi connectivity index (χ3v) is 27.1. The smallest absolute Gasteiger partial charge is 0.394 e. The molecule has 3 spiro atoms. The molecule has 0 radical (unpaired) electrons. The Morgan fingerprint density at radius 1 is 0.570 bits per heavy atom. The van der Waals surface area contributed by atoms with Crippen LogP contribution in [0.2, 0.25) is 0 Å². The van der Waals surface area contributed by atoms with Crippen LogP contribution in [0.3, 0.4) is 0 Å². The Kier molecular flexibility index (Phi) is 23.0. The van der Waals surface area contributed by atoms with E-state index >= 15 is 13.2 Å². The van der Waals surface area contributed by atoms with E-state index < -0.39 is 138 Å². The van der Waals surface area contributed by atoms with Crippen LogP contribution in [0.5, 0.6) is 0 Å². The molecule has 27 nitrogen and oxygen atoms in total. The summed E-state index contributed by atoms with van der Waals surface area (Å²) in [5.74, 6) is -1.89. The summed E-state index contributed by atoms with van der Waals surface area (Å²) in [5.41, 5.74) is -13.4. The number of alkyl halides is 6. The van der Waals surface area contributed by atoms with Crippen molar-refractivity contribution in [1.82, 2.24) is 39.3 Å². The number of carbonyl (C=O) groups excluding carboxylic acids is 3. The lowest BCUT2D eigenvalue weighted by molar-refractivity contribution is -0.279. The molecule has 13 rings (SSSR count). The molecule has 0 aromatic carbocycles. The number of sulfonamides is 1. The number of aliphatic hydroxyl groups excluding tert-OH is 3. The summed E-state index contributed by atoms with van der Waals surface area (Å²) in [6, 6.07) is 21.2. The Bertz CT molecular complexity index is 4750. The lowest BCUT2D eigenvalue weighted by Gasteiger charge is -2.44. The van der Waals surface area contributed by atoms with Crippen LogP contribution in [0.4, 0.5) is 72.9 Å². The van der Waals surface area contributed by atoms with Crippen LogP contribution in [0.15, 0.2) is 101 Å². The van der Waals surface area contributed by atoms with E-state index in [9.17, 15) is 61.5 Å². The highest BCUT2D eigenvalue weighted by Gasteiger charge is 2.65. The molecule has 10 N–H and O–H groups in total. The third-order valence-electron chi connectivity index (χ3n) is 23.5. The van der Waals surface area contributed by atoms with Gasteiger partial charge >= 0.3 is 12.4 Å². The molecule has 4 aliphatic heterocycles. The van der Waals surface area contributed by atoms with E-state index in [0.29, 0.717) is 85.9 Å². The van der Waals surface area contributed by atoms with E-state index in [1.807, 2.05) is 57.0 Å². The molecule has 7 fully saturated rings. The Hall–Kier alpha value is -8.26. The maximum Gasteiger partial charge on any atom is 0.425 e. The monoisotopic (exact) mass is 1630 g/mol. The predicted molar refractivity (Wildman–Crippen MR) is 422 cm³/mol. The van der Waals surface area contributed by atoms with Gasteiger partial charge in [-0.1, -0.05) is 28.9 Å². The van der Waals surface area contributed by atoms with Crippen LogP contribution in [0, 0.1) is 22.2 Å². The van der Waals surface area contributed by atoms with Crippen molar-refractivity contribution in [2.24, 2.45) is 22.2 Å². The van der Waals surface area contributed by atoms with Gasteiger partial charge in [-0.3, -0.25) is 19.1 Å². The molecule has 4 saturated heterocycles. The third kappa shape index (κ3) is 17.4. The number of aliphatic hydroxyl groups is 5. The lowest BCUT2D eigenvalue weighted by Crippen LogP contribution is -2.56. The number of rotatable bonds is 24. The number of carbonyl (C=O) groups is 3. The van der Waals surface area contributed by atoms with Gasteiger partial charge in [-0.25, -0.2) is 43.0 Å². The minimum Gasteiger partial charge on any atom is -0.394 e. The average molecular weight is 1630 g/mol. The molecule has 6 aromatic heterocycles. The maximum absolute atomic E-state index is 16.3. The summed E-state index contributed by atoms with van der Waals surface area (Å²) in [4.78, 5) is 81.0. The van der Waals surface area contributed by atoms with E-state index in [1.165, 1.54) is 29.2 Å². The van der Waals surface area contributed by atoms with Crippen molar-refractivity contribution in [2.45, 2.75) is 195 Å². The van der Waals surface area contributed by atoms with Crippen LogP contribution < -0.4 is 49.9 Å². The van der Waals surface area contributed by atoms with Crippen LogP contribution in [0.1, 0.15) is 175 Å². The first-order valence-electron chi connectivity index (χ1n) is 38.6. The summed E-state index contributed by atoms with van der Waals surface area (Å²) >= 11 is 0. The molecule has 3 aliphatic carbocycles. The zero-order valence-corrected chi connectivity index (χ0v) is 67.1. The molecule has 6 aromatic rings. The normalized spacial score (nSPS) is 21.6. The number of hydrogen-bond donors (Lipinski definition) is 10. The van der Waals surface area contributed by atoms with Gasteiger partial charge in [0.15, 0.2) is 5.03 Å². The number of halogens is 6. The molecule has 0 bridgehead atoms. The van der Waals surface area contributed by atoms with E-state index in [2.05, 4.69) is 55.1 Å². The van der Waals surface area contributed by atoms with Gasteiger partial charge in [-0.2, -0.15) is 26.3 Å². The molecule has 5 unspecified atom stereocenters. The highest BCUT2D eigenvalue weighted by Crippen LogP contribution is 2.65. The molecule has 3 saturated carbocycles. The van der Waals surface area contributed by atoms with Crippen molar-refractivity contribution in [2.75, 3.05) is 119 Å². The highest BCUT2D eigenvalue weighted by atomic mass is 32.2. The van der Waals surface area contributed by atoms with Crippen LogP contribution >= 0.6 is 10.7 Å². The van der Waals surface area contributed by atoms with Crippen molar-refractivity contribution in [3.8, 4) is 0 Å². The zero-order chi connectivity index (χ0) is 82.2. The summed E-state index contributed by atoms with van der Waals surface area (Å²) in [5, 5.41) is 66.5. The van der Waals surface area contributed by atoms with Gasteiger partial charge in [0.1, 0.15) is 51.6 Å².